The summed E-state index contributed by atoms with van der Waals surface area (Å²) in [6.45, 7) is 2.62. The Labute approximate surface area is 223 Å². The van der Waals surface area contributed by atoms with E-state index in [9.17, 15) is 14.4 Å². The predicted molar refractivity (Wildman–Crippen MR) is 143 cm³/mol. The maximum Gasteiger partial charge on any atom is 0.261 e. The number of nitriles is 1. The average molecular weight is 541 g/mol. The number of aliphatic hydroxyl groups is 1. The second-order valence-electron chi connectivity index (χ2n) is 9.52. The van der Waals surface area contributed by atoms with E-state index < -0.39 is 5.82 Å². The number of ether oxygens (including phenoxy) is 2. The van der Waals surface area contributed by atoms with Crippen molar-refractivity contribution in [1.82, 2.24) is 19.2 Å². The number of anilines is 1. The molecule has 0 amide bonds. The van der Waals surface area contributed by atoms with Crippen LogP contribution in [0.1, 0.15) is 30.9 Å². The SMILES string of the molecule is CN(CCO)SNc1ccc(F)c(Oc2ccc3ncn(C4COC5(CCNCC5)C4)c(=O)c3c2)c1C#N. The zero-order chi connectivity index (χ0) is 26.7. The molecule has 2 aromatic carbocycles. The number of halogens is 1. The summed E-state index contributed by atoms with van der Waals surface area (Å²) in [4.78, 5) is 17.9. The number of rotatable bonds is 8. The van der Waals surface area contributed by atoms with Gasteiger partial charge in [0.1, 0.15) is 17.4 Å². The highest BCUT2D eigenvalue weighted by molar-refractivity contribution is 7.98. The standard InChI is InChI=1S/C26H29FN6O4S/c1-32(10-11-34)38-31-23-5-3-21(27)24(20(23)14-28)37-18-2-4-22-19(12-18)25(35)33(16-30-22)17-13-26(36-15-17)6-8-29-9-7-26/h2-5,12,16-17,29,31,34H,6-11,13,15H2,1H3. The molecule has 2 fully saturated rings. The van der Waals surface area contributed by atoms with Crippen LogP contribution in [0.15, 0.2) is 41.5 Å². The largest absolute Gasteiger partial charge is 0.453 e. The van der Waals surface area contributed by atoms with E-state index in [2.05, 4.69) is 15.0 Å². The van der Waals surface area contributed by atoms with Crippen molar-refractivity contribution in [2.24, 2.45) is 0 Å². The van der Waals surface area contributed by atoms with Gasteiger partial charge in [-0.15, -0.1) is 0 Å². The molecule has 12 heteroatoms. The van der Waals surface area contributed by atoms with Gasteiger partial charge < -0.3 is 24.6 Å². The van der Waals surface area contributed by atoms with Gasteiger partial charge in [0.2, 0.25) is 0 Å². The summed E-state index contributed by atoms with van der Waals surface area (Å²) in [5, 5.41) is 22.5. The van der Waals surface area contributed by atoms with E-state index in [1.807, 2.05) is 6.07 Å². The van der Waals surface area contributed by atoms with E-state index in [1.165, 1.54) is 18.2 Å². The van der Waals surface area contributed by atoms with Crippen LogP contribution in [-0.4, -0.2) is 64.5 Å². The summed E-state index contributed by atoms with van der Waals surface area (Å²) in [6, 6.07) is 9.29. The predicted octanol–water partition coefficient (Wildman–Crippen LogP) is 3.18. The molecule has 0 saturated carbocycles. The number of fused-ring (bicyclic) bond motifs is 1. The van der Waals surface area contributed by atoms with Crippen molar-refractivity contribution >= 4 is 28.7 Å². The Balaban J connectivity index is 1.42. The monoisotopic (exact) mass is 540 g/mol. The smallest absolute Gasteiger partial charge is 0.261 e. The van der Waals surface area contributed by atoms with E-state index in [1.54, 1.807) is 34.4 Å². The van der Waals surface area contributed by atoms with Crippen LogP contribution in [0, 0.1) is 17.1 Å². The number of aromatic nitrogens is 2. The van der Waals surface area contributed by atoms with Crippen LogP contribution in [0.4, 0.5) is 10.1 Å². The van der Waals surface area contributed by atoms with Gasteiger partial charge in [-0.3, -0.25) is 9.36 Å². The Morgan fingerprint density at radius 2 is 2.21 bits per heavy atom. The van der Waals surface area contributed by atoms with Crippen LogP contribution >= 0.6 is 12.1 Å². The number of benzene rings is 2. The Hall–Kier alpha value is -3.21. The fourth-order valence-electron chi connectivity index (χ4n) is 4.95. The maximum atomic E-state index is 14.8. The quantitative estimate of drug-likeness (QED) is 0.367. The van der Waals surface area contributed by atoms with E-state index in [4.69, 9.17) is 14.6 Å². The van der Waals surface area contributed by atoms with Gasteiger partial charge in [-0.2, -0.15) is 5.26 Å². The van der Waals surface area contributed by atoms with Crippen molar-refractivity contribution in [2.75, 3.05) is 44.6 Å². The Kier molecular flexibility index (Phi) is 7.83. The molecular formula is C26H29FN6O4S. The first-order chi connectivity index (χ1) is 18.4. The zero-order valence-corrected chi connectivity index (χ0v) is 21.8. The fraction of sp³-hybridized carbons (Fsp3) is 0.423. The summed E-state index contributed by atoms with van der Waals surface area (Å²) in [7, 11) is 1.76. The number of hydrogen-bond acceptors (Lipinski definition) is 10. The highest BCUT2D eigenvalue weighted by atomic mass is 32.2. The zero-order valence-electron chi connectivity index (χ0n) is 20.9. The third kappa shape index (κ3) is 5.34. The van der Waals surface area contributed by atoms with Crippen molar-refractivity contribution in [1.29, 1.82) is 5.26 Å². The molecular weight excluding hydrogens is 511 g/mol. The average Bonchev–Trinajstić information content (AvgIpc) is 3.32. The third-order valence-electron chi connectivity index (χ3n) is 7.02. The number of nitrogens with zero attached hydrogens (tertiary/aromatic N) is 4. The summed E-state index contributed by atoms with van der Waals surface area (Å²) in [5.74, 6) is -0.743. The second kappa shape index (κ2) is 11.3. The molecule has 10 nitrogen and oxygen atoms in total. The van der Waals surface area contributed by atoms with Crippen molar-refractivity contribution in [3.63, 3.8) is 0 Å². The second-order valence-corrected chi connectivity index (χ2v) is 10.5. The number of hydrogen-bond donors (Lipinski definition) is 3. The first kappa shape index (κ1) is 26.4. The fourth-order valence-corrected chi connectivity index (χ4v) is 5.55. The van der Waals surface area contributed by atoms with Crippen molar-refractivity contribution in [2.45, 2.75) is 30.9 Å². The molecule has 2 aliphatic heterocycles. The molecule has 0 aliphatic carbocycles. The lowest BCUT2D eigenvalue weighted by Crippen LogP contribution is -2.41. The van der Waals surface area contributed by atoms with E-state index in [-0.39, 0.29) is 40.9 Å². The topological polar surface area (TPSA) is 125 Å². The first-order valence-corrected chi connectivity index (χ1v) is 13.2. The van der Waals surface area contributed by atoms with Gasteiger partial charge in [-0.05, 0) is 69.7 Å². The molecule has 3 heterocycles. The number of piperidine rings is 1. The minimum Gasteiger partial charge on any atom is -0.453 e. The maximum absolute atomic E-state index is 14.8. The van der Waals surface area contributed by atoms with Crippen LogP contribution in [0.2, 0.25) is 0 Å². The van der Waals surface area contributed by atoms with Crippen LogP contribution in [0.3, 0.4) is 0 Å². The summed E-state index contributed by atoms with van der Waals surface area (Å²) >= 11 is 1.16. The lowest BCUT2D eigenvalue weighted by Gasteiger charge is -2.32. The molecule has 2 saturated heterocycles. The molecule has 0 bridgehead atoms. The minimum atomic E-state index is -0.708. The summed E-state index contributed by atoms with van der Waals surface area (Å²) in [5.41, 5.74) is 0.407. The van der Waals surface area contributed by atoms with E-state index >= 15 is 0 Å². The summed E-state index contributed by atoms with van der Waals surface area (Å²) in [6.07, 6.45) is 4.13. The molecule has 5 rings (SSSR count). The van der Waals surface area contributed by atoms with Crippen molar-refractivity contribution < 1.29 is 19.0 Å². The van der Waals surface area contributed by atoms with E-state index in [0.717, 1.165) is 44.5 Å². The van der Waals surface area contributed by atoms with Crippen LogP contribution < -0.4 is 20.3 Å². The van der Waals surface area contributed by atoms with Crippen LogP contribution in [-0.2, 0) is 4.74 Å². The van der Waals surface area contributed by atoms with Gasteiger partial charge in [-0.1, -0.05) is 0 Å². The Morgan fingerprint density at radius 3 is 2.97 bits per heavy atom. The number of likely N-dealkylation sites (N-methyl/N-ethyl adjacent to an activating group) is 1. The molecule has 1 atom stereocenters. The highest BCUT2D eigenvalue weighted by Crippen LogP contribution is 2.39. The van der Waals surface area contributed by atoms with Gasteiger partial charge in [0, 0.05) is 18.7 Å². The highest BCUT2D eigenvalue weighted by Gasteiger charge is 2.42. The molecule has 3 aromatic rings. The Morgan fingerprint density at radius 1 is 1.39 bits per heavy atom. The molecule has 3 N–H and O–H groups in total. The van der Waals surface area contributed by atoms with Gasteiger partial charge in [-0.25, -0.2) is 13.7 Å². The molecule has 0 radical (unpaired) electrons. The molecule has 1 unspecified atom stereocenters. The van der Waals surface area contributed by atoms with E-state index in [0.29, 0.717) is 29.7 Å². The molecule has 200 valence electrons. The van der Waals surface area contributed by atoms with Crippen molar-refractivity contribution in [3.05, 3.63) is 58.4 Å². The van der Waals surface area contributed by atoms with Gasteiger partial charge in [0.15, 0.2) is 11.6 Å². The number of aliphatic hydroxyl groups excluding tert-OH is 1. The number of nitrogens with one attached hydrogen (secondary N) is 2. The lowest BCUT2D eigenvalue weighted by molar-refractivity contribution is -0.0196. The van der Waals surface area contributed by atoms with Crippen LogP contribution in [0.25, 0.3) is 10.9 Å². The molecule has 1 aromatic heterocycles. The first-order valence-electron chi connectivity index (χ1n) is 12.4. The van der Waals surface area contributed by atoms with Gasteiger partial charge in [0.25, 0.3) is 5.56 Å². The van der Waals surface area contributed by atoms with Gasteiger partial charge >= 0.3 is 0 Å². The normalized spacial score (nSPS) is 18.7. The minimum absolute atomic E-state index is 0.0195. The Bertz CT molecular complexity index is 1420. The summed E-state index contributed by atoms with van der Waals surface area (Å²) < 4.78 is 33.2. The van der Waals surface area contributed by atoms with Crippen molar-refractivity contribution in [3.8, 4) is 17.6 Å². The lowest BCUT2D eigenvalue weighted by atomic mass is 9.88. The third-order valence-corrected chi connectivity index (χ3v) is 7.83. The molecule has 1 spiro atoms. The van der Waals surface area contributed by atoms with Crippen LogP contribution in [0.5, 0.6) is 11.5 Å². The van der Waals surface area contributed by atoms with Gasteiger partial charge in [0.05, 0.1) is 47.8 Å². The molecule has 2 aliphatic rings. The molecule has 38 heavy (non-hydrogen) atoms.